The summed E-state index contributed by atoms with van der Waals surface area (Å²) in [5.74, 6) is 0. The number of nitrogens with zero attached hydrogens (tertiary/aromatic N) is 2. The van der Waals surface area contributed by atoms with Crippen LogP contribution in [0, 0.1) is 12.3 Å². The number of hydrogen-bond donors (Lipinski definition) is 0. The summed E-state index contributed by atoms with van der Waals surface area (Å²) in [7, 11) is 0. The average Bonchev–Trinajstić information content (AvgIpc) is 2.95. The Morgan fingerprint density at radius 1 is 0.963 bits per heavy atom. The fraction of sp³-hybridized carbons (Fsp3) is 0.458. The molecule has 0 N–H and O–H groups in total. The van der Waals surface area contributed by atoms with Gasteiger partial charge in [0.2, 0.25) is 0 Å². The van der Waals surface area contributed by atoms with E-state index in [1.807, 2.05) is 0 Å². The molecule has 0 aliphatic carbocycles. The molecule has 0 spiro atoms. The molecule has 1 atom stereocenters. The maximum atomic E-state index is 5.57. The highest BCUT2D eigenvalue weighted by Gasteiger charge is 2.47. The Hall–Kier alpha value is -1.97. The van der Waals surface area contributed by atoms with Crippen molar-refractivity contribution < 1.29 is 4.74 Å². The third-order valence-electron chi connectivity index (χ3n) is 5.93. The molecule has 2 aromatic rings. The normalized spacial score (nSPS) is 25.4. The molecule has 1 saturated heterocycles. The van der Waals surface area contributed by atoms with Gasteiger partial charge in [-0.2, -0.15) is 0 Å². The number of hydrogen-bond acceptors (Lipinski definition) is 3. The third-order valence-corrected chi connectivity index (χ3v) is 5.93. The fourth-order valence-electron chi connectivity index (χ4n) is 4.61. The van der Waals surface area contributed by atoms with E-state index in [1.54, 1.807) is 0 Å². The van der Waals surface area contributed by atoms with Crippen LogP contribution in [0.1, 0.15) is 37.0 Å². The van der Waals surface area contributed by atoms with Crippen LogP contribution in [0.15, 0.2) is 59.6 Å². The van der Waals surface area contributed by atoms with Crippen molar-refractivity contribution in [2.45, 2.75) is 32.7 Å². The lowest BCUT2D eigenvalue weighted by atomic mass is 9.75. The molecule has 0 bridgehead atoms. The first-order chi connectivity index (χ1) is 13.0. The molecule has 142 valence electrons. The van der Waals surface area contributed by atoms with Gasteiger partial charge in [0.25, 0.3) is 0 Å². The lowest BCUT2D eigenvalue weighted by molar-refractivity contribution is 0.0259. The minimum atomic E-state index is -0.192. The van der Waals surface area contributed by atoms with Gasteiger partial charge in [-0.25, -0.2) is 0 Å². The van der Waals surface area contributed by atoms with Crippen LogP contribution >= 0.6 is 0 Å². The Labute approximate surface area is 163 Å². The maximum Gasteiger partial charge on any atom is 0.0995 e. The van der Waals surface area contributed by atoms with E-state index in [0.717, 1.165) is 39.3 Å². The second-order valence-electron chi connectivity index (χ2n) is 8.67. The molecule has 1 fully saturated rings. The van der Waals surface area contributed by atoms with Crippen LogP contribution in [0.25, 0.3) is 0 Å². The number of aliphatic imine (C=N–C) groups is 1. The van der Waals surface area contributed by atoms with E-state index < -0.39 is 0 Å². The molecular weight excluding hydrogens is 332 g/mol. The van der Waals surface area contributed by atoms with E-state index in [-0.39, 0.29) is 11.0 Å². The maximum absolute atomic E-state index is 5.57. The Morgan fingerprint density at radius 3 is 2.30 bits per heavy atom. The predicted octanol–water partition coefficient (Wildman–Crippen LogP) is 4.44. The summed E-state index contributed by atoms with van der Waals surface area (Å²) in [5, 5.41) is 0. The highest BCUT2D eigenvalue weighted by molar-refractivity contribution is 6.06. The van der Waals surface area contributed by atoms with Gasteiger partial charge < -0.3 is 4.74 Å². The van der Waals surface area contributed by atoms with Gasteiger partial charge in [0, 0.05) is 30.8 Å². The summed E-state index contributed by atoms with van der Waals surface area (Å²) < 4.78 is 5.57. The molecule has 1 unspecified atom stereocenters. The summed E-state index contributed by atoms with van der Waals surface area (Å²) >= 11 is 0. The van der Waals surface area contributed by atoms with Crippen molar-refractivity contribution in [1.82, 2.24) is 4.90 Å². The minimum absolute atomic E-state index is 0.0391. The molecular formula is C24H30N2O. The predicted molar refractivity (Wildman–Crippen MR) is 111 cm³/mol. The molecule has 0 radical (unpaired) electrons. The zero-order valence-corrected chi connectivity index (χ0v) is 16.7. The van der Waals surface area contributed by atoms with Crippen LogP contribution in [0.5, 0.6) is 0 Å². The van der Waals surface area contributed by atoms with Crippen LogP contribution in [0.2, 0.25) is 0 Å². The zero-order chi connectivity index (χ0) is 18.9. The quantitative estimate of drug-likeness (QED) is 0.803. The van der Waals surface area contributed by atoms with Gasteiger partial charge in [-0.15, -0.1) is 0 Å². The van der Waals surface area contributed by atoms with Gasteiger partial charge in [0.1, 0.15) is 0 Å². The molecule has 3 heteroatoms. The molecule has 2 aromatic carbocycles. The molecule has 2 heterocycles. The molecule has 3 nitrogen and oxygen atoms in total. The Balaban J connectivity index is 1.77. The average molecular weight is 363 g/mol. The monoisotopic (exact) mass is 362 g/mol. The second-order valence-corrected chi connectivity index (χ2v) is 8.67. The van der Waals surface area contributed by atoms with Crippen molar-refractivity contribution in [1.29, 1.82) is 0 Å². The van der Waals surface area contributed by atoms with Crippen LogP contribution in [0.4, 0.5) is 0 Å². The minimum Gasteiger partial charge on any atom is -0.379 e. The topological polar surface area (TPSA) is 24.8 Å². The highest BCUT2D eigenvalue weighted by Crippen LogP contribution is 2.47. The van der Waals surface area contributed by atoms with Crippen molar-refractivity contribution in [2.24, 2.45) is 10.4 Å². The molecule has 0 aromatic heterocycles. The van der Waals surface area contributed by atoms with Gasteiger partial charge >= 0.3 is 0 Å². The van der Waals surface area contributed by atoms with E-state index in [0.29, 0.717) is 0 Å². The third kappa shape index (κ3) is 3.71. The summed E-state index contributed by atoms with van der Waals surface area (Å²) in [6.07, 6.45) is 1.03. The van der Waals surface area contributed by atoms with Crippen molar-refractivity contribution in [3.05, 3.63) is 71.3 Å². The number of rotatable bonds is 4. The molecule has 4 rings (SSSR count). The highest BCUT2D eigenvalue weighted by atomic mass is 16.5. The van der Waals surface area contributed by atoms with E-state index in [4.69, 9.17) is 9.73 Å². The first-order valence-electron chi connectivity index (χ1n) is 10.0. The van der Waals surface area contributed by atoms with E-state index in [2.05, 4.69) is 80.3 Å². The summed E-state index contributed by atoms with van der Waals surface area (Å²) in [6.45, 7) is 11.4. The van der Waals surface area contributed by atoms with E-state index >= 15 is 0 Å². The van der Waals surface area contributed by atoms with Crippen molar-refractivity contribution in [3.8, 4) is 0 Å². The fourth-order valence-corrected chi connectivity index (χ4v) is 4.61. The molecule has 27 heavy (non-hydrogen) atoms. The smallest absolute Gasteiger partial charge is 0.0995 e. The summed E-state index contributed by atoms with van der Waals surface area (Å²) in [5.41, 5.74) is 4.95. The second kappa shape index (κ2) is 7.21. The Bertz CT molecular complexity index is 804. The van der Waals surface area contributed by atoms with Gasteiger partial charge in [0.15, 0.2) is 0 Å². The molecule has 2 aliphatic heterocycles. The van der Waals surface area contributed by atoms with Gasteiger partial charge in [-0.3, -0.25) is 9.89 Å². The van der Waals surface area contributed by atoms with Crippen molar-refractivity contribution >= 4 is 5.71 Å². The summed E-state index contributed by atoms with van der Waals surface area (Å²) in [4.78, 5) is 7.99. The number of aryl methyl sites for hydroxylation is 1. The first-order valence-corrected chi connectivity index (χ1v) is 10.0. The number of ether oxygens (including phenoxy) is 1. The van der Waals surface area contributed by atoms with Gasteiger partial charge in [-0.05, 0) is 24.5 Å². The van der Waals surface area contributed by atoms with Crippen molar-refractivity contribution in [3.63, 3.8) is 0 Å². The van der Waals surface area contributed by atoms with E-state index in [1.165, 1.54) is 22.4 Å². The number of benzene rings is 2. The van der Waals surface area contributed by atoms with Crippen LogP contribution in [0.3, 0.4) is 0 Å². The Kier molecular flexibility index (Phi) is 4.92. The van der Waals surface area contributed by atoms with E-state index in [9.17, 15) is 0 Å². The SMILES string of the molecule is Cc1ccc(C2=NC(CN3CCOCC3)(c3ccccc3)CC2(C)C)cc1. The Morgan fingerprint density at radius 2 is 1.63 bits per heavy atom. The largest absolute Gasteiger partial charge is 0.379 e. The van der Waals surface area contributed by atoms with Crippen LogP contribution in [-0.2, 0) is 10.3 Å². The lowest BCUT2D eigenvalue weighted by Crippen LogP contribution is -2.45. The van der Waals surface area contributed by atoms with Crippen molar-refractivity contribution in [2.75, 3.05) is 32.8 Å². The summed E-state index contributed by atoms with van der Waals surface area (Å²) in [6, 6.07) is 19.7. The van der Waals surface area contributed by atoms with Crippen LogP contribution in [-0.4, -0.2) is 43.5 Å². The zero-order valence-electron chi connectivity index (χ0n) is 16.7. The number of morpholine rings is 1. The lowest BCUT2D eigenvalue weighted by Gasteiger charge is -2.37. The molecule has 2 aliphatic rings. The van der Waals surface area contributed by atoms with Crippen LogP contribution < -0.4 is 0 Å². The van der Waals surface area contributed by atoms with Gasteiger partial charge in [-0.1, -0.05) is 74.0 Å². The first kappa shape index (κ1) is 18.4. The molecule has 0 saturated carbocycles. The molecule has 0 amide bonds. The van der Waals surface area contributed by atoms with Gasteiger partial charge in [0.05, 0.1) is 18.8 Å². The standard InChI is InChI=1S/C24H30N2O/c1-19-9-11-20(12-10-19)22-23(2,3)17-24(25-22,21-7-5-4-6-8-21)18-26-13-15-27-16-14-26/h4-12H,13-18H2,1-3H3.